The van der Waals surface area contributed by atoms with E-state index < -0.39 is 15.7 Å². The summed E-state index contributed by atoms with van der Waals surface area (Å²) in [5, 5.41) is 21.5. The molecule has 0 aliphatic carbocycles. The number of fused-ring (bicyclic) bond motifs is 1. The number of hydrogen-bond donors (Lipinski definition) is 1. The largest absolute Gasteiger partial charge is 0.317 e. The van der Waals surface area contributed by atoms with Crippen LogP contribution in [0.5, 0.6) is 0 Å². The van der Waals surface area contributed by atoms with Crippen molar-refractivity contribution in [1.29, 1.82) is 5.26 Å². The highest BCUT2D eigenvalue weighted by atomic mass is 32.2. The summed E-state index contributed by atoms with van der Waals surface area (Å²) in [5.74, 6) is -0.691. The first-order valence-electron chi connectivity index (χ1n) is 9.83. The van der Waals surface area contributed by atoms with Gasteiger partial charge in [0.1, 0.15) is 11.6 Å². The summed E-state index contributed by atoms with van der Waals surface area (Å²) in [6.07, 6.45) is 2.52. The highest BCUT2D eigenvalue weighted by molar-refractivity contribution is 7.92. The van der Waals surface area contributed by atoms with Crippen LogP contribution in [0, 0.1) is 25.2 Å². The Hall–Kier alpha value is -3.81. The molecular formula is C23H19N5O3S2. The summed E-state index contributed by atoms with van der Waals surface area (Å²) < 4.78 is 25.0. The number of nitrogens with one attached hydrogen (secondary N) is 1. The van der Waals surface area contributed by atoms with Crippen LogP contribution in [-0.4, -0.2) is 35.3 Å². The molecule has 1 amide bonds. The van der Waals surface area contributed by atoms with Crippen LogP contribution < -0.4 is 5.32 Å². The summed E-state index contributed by atoms with van der Waals surface area (Å²) in [6, 6.07) is 18.0. The van der Waals surface area contributed by atoms with E-state index in [4.69, 9.17) is 0 Å². The number of benzene rings is 2. The predicted molar refractivity (Wildman–Crippen MR) is 128 cm³/mol. The molecule has 0 bridgehead atoms. The number of rotatable bonds is 5. The third kappa shape index (κ3) is 4.41. The summed E-state index contributed by atoms with van der Waals surface area (Å²) in [5.41, 5.74) is 3.42. The van der Waals surface area contributed by atoms with Gasteiger partial charge in [0, 0.05) is 23.0 Å². The van der Waals surface area contributed by atoms with Gasteiger partial charge in [0.05, 0.1) is 5.69 Å². The minimum Gasteiger partial charge on any atom is -0.317 e. The van der Waals surface area contributed by atoms with Crippen LogP contribution >= 0.6 is 11.3 Å². The smallest absolute Gasteiger partial charge is 0.268 e. The van der Waals surface area contributed by atoms with Crippen LogP contribution in [0.3, 0.4) is 0 Å². The molecule has 0 radical (unpaired) electrons. The van der Waals surface area contributed by atoms with Crippen molar-refractivity contribution in [2.75, 3.05) is 11.6 Å². The van der Waals surface area contributed by atoms with Crippen molar-refractivity contribution in [3.63, 3.8) is 0 Å². The number of amides is 1. The fourth-order valence-electron chi connectivity index (χ4n) is 3.59. The molecule has 4 rings (SSSR count). The first-order chi connectivity index (χ1) is 15.7. The fourth-order valence-corrected chi connectivity index (χ4v) is 5.09. The van der Waals surface area contributed by atoms with Crippen LogP contribution in [0.4, 0.5) is 5.13 Å². The Morgan fingerprint density at radius 3 is 2.58 bits per heavy atom. The van der Waals surface area contributed by atoms with Crippen molar-refractivity contribution in [2.45, 2.75) is 18.2 Å². The first kappa shape index (κ1) is 22.4. The average Bonchev–Trinajstić information content (AvgIpc) is 3.35. The van der Waals surface area contributed by atoms with Crippen molar-refractivity contribution in [3.8, 4) is 11.8 Å². The van der Waals surface area contributed by atoms with Gasteiger partial charge in [-0.1, -0.05) is 47.7 Å². The Kier molecular flexibility index (Phi) is 5.84. The molecule has 0 aliphatic rings. The van der Waals surface area contributed by atoms with Crippen LogP contribution in [0.15, 0.2) is 58.4 Å². The lowest BCUT2D eigenvalue weighted by Crippen LogP contribution is -2.13. The number of nitriles is 1. The monoisotopic (exact) mass is 477 g/mol. The molecule has 0 spiro atoms. The maximum atomic E-state index is 12.6. The predicted octanol–water partition coefficient (Wildman–Crippen LogP) is 4.05. The van der Waals surface area contributed by atoms with Crippen LogP contribution in [0.2, 0.25) is 0 Å². The first-order valence-corrected chi connectivity index (χ1v) is 12.5. The van der Waals surface area contributed by atoms with Gasteiger partial charge in [-0.05, 0) is 43.0 Å². The molecule has 0 saturated heterocycles. The lowest BCUT2D eigenvalue weighted by atomic mass is 10.1. The lowest BCUT2D eigenvalue weighted by molar-refractivity contribution is -0.112. The number of nitrogens with zero attached hydrogens (tertiary/aromatic N) is 4. The molecule has 2 aromatic carbocycles. The summed E-state index contributed by atoms with van der Waals surface area (Å²) in [6.45, 7) is 3.89. The maximum absolute atomic E-state index is 12.6. The molecule has 4 aromatic rings. The molecule has 8 nitrogen and oxygen atoms in total. The van der Waals surface area contributed by atoms with Crippen LogP contribution in [0.1, 0.15) is 17.0 Å². The molecule has 0 saturated carbocycles. The topological polar surface area (TPSA) is 118 Å². The van der Waals surface area contributed by atoms with Gasteiger partial charge in [0.2, 0.25) is 19.3 Å². The van der Waals surface area contributed by atoms with E-state index in [-0.39, 0.29) is 15.0 Å². The van der Waals surface area contributed by atoms with Crippen LogP contribution in [-0.2, 0) is 14.6 Å². The molecule has 0 atom stereocenters. The normalized spacial score (nSPS) is 12.0. The second kappa shape index (κ2) is 8.61. The molecule has 0 aliphatic heterocycles. The average molecular weight is 478 g/mol. The molecule has 33 heavy (non-hydrogen) atoms. The molecule has 1 N–H and O–H groups in total. The van der Waals surface area contributed by atoms with Crippen molar-refractivity contribution in [1.82, 2.24) is 14.8 Å². The molecule has 10 heteroatoms. The lowest BCUT2D eigenvalue weighted by Gasteiger charge is -2.13. The second-order valence-electron chi connectivity index (χ2n) is 7.43. The van der Waals surface area contributed by atoms with Crippen molar-refractivity contribution in [3.05, 3.63) is 71.1 Å². The molecule has 0 fully saturated rings. The summed E-state index contributed by atoms with van der Waals surface area (Å²) in [7, 11) is -3.53. The second-order valence-corrected chi connectivity index (χ2v) is 10.6. The van der Waals surface area contributed by atoms with Crippen molar-refractivity contribution in [2.24, 2.45) is 0 Å². The Balaban J connectivity index is 1.69. The van der Waals surface area contributed by atoms with Gasteiger partial charge in [-0.15, -0.1) is 10.2 Å². The van der Waals surface area contributed by atoms with E-state index in [2.05, 4.69) is 38.3 Å². The number of anilines is 1. The number of carbonyl (C=O) groups is 1. The number of carbonyl (C=O) groups excluding carboxylic acids is 1. The standard InChI is InChI=1S/C23H19N5O3S2/c1-14-11-17(15(2)28(14)20-10-6-8-16-7-4-5-9-19(16)20)12-18(13-24)21(29)25-22-26-27-23(32-22)33(3,30)31/h4-12H,1-3H3,(H,25,26,29). The van der Waals surface area contributed by atoms with E-state index in [1.807, 2.05) is 50.2 Å². The number of sulfone groups is 1. The van der Waals surface area contributed by atoms with Gasteiger partial charge in [-0.25, -0.2) is 8.42 Å². The minimum absolute atomic E-state index is 0.00260. The molecule has 2 heterocycles. The summed E-state index contributed by atoms with van der Waals surface area (Å²) >= 11 is 0.728. The zero-order valence-corrected chi connectivity index (χ0v) is 19.7. The zero-order chi connectivity index (χ0) is 23.8. The van der Waals surface area contributed by atoms with Crippen LogP contribution in [0.25, 0.3) is 22.5 Å². The van der Waals surface area contributed by atoms with E-state index in [1.165, 1.54) is 6.08 Å². The third-order valence-corrected chi connectivity index (χ3v) is 7.59. The Morgan fingerprint density at radius 1 is 1.15 bits per heavy atom. The molecular weight excluding hydrogens is 458 g/mol. The van der Waals surface area contributed by atoms with Gasteiger partial charge in [0.15, 0.2) is 0 Å². The SMILES string of the molecule is Cc1cc(C=C(C#N)C(=O)Nc2nnc(S(C)(=O)=O)s2)c(C)n1-c1cccc2ccccc12. The maximum Gasteiger partial charge on any atom is 0.268 e. The van der Waals surface area contributed by atoms with Gasteiger partial charge in [-0.2, -0.15) is 5.26 Å². The zero-order valence-electron chi connectivity index (χ0n) is 18.0. The highest BCUT2D eigenvalue weighted by Gasteiger charge is 2.19. The van der Waals surface area contributed by atoms with Gasteiger partial charge < -0.3 is 4.57 Å². The van der Waals surface area contributed by atoms with E-state index in [0.717, 1.165) is 51.0 Å². The Bertz CT molecular complexity index is 1570. The molecule has 0 unspecified atom stereocenters. The molecule has 166 valence electrons. The quantitative estimate of drug-likeness (QED) is 0.263. The van der Waals surface area contributed by atoms with E-state index in [0.29, 0.717) is 0 Å². The number of aromatic nitrogens is 3. The third-order valence-electron chi connectivity index (χ3n) is 5.09. The Morgan fingerprint density at radius 2 is 1.88 bits per heavy atom. The van der Waals surface area contributed by atoms with Gasteiger partial charge >= 0.3 is 0 Å². The van der Waals surface area contributed by atoms with E-state index >= 15 is 0 Å². The van der Waals surface area contributed by atoms with Crippen molar-refractivity contribution < 1.29 is 13.2 Å². The fraction of sp³-hybridized carbons (Fsp3) is 0.130. The van der Waals surface area contributed by atoms with Gasteiger partial charge in [-0.3, -0.25) is 10.1 Å². The number of hydrogen-bond acceptors (Lipinski definition) is 7. The minimum atomic E-state index is -3.53. The number of aryl methyl sites for hydroxylation is 1. The van der Waals surface area contributed by atoms with Crippen molar-refractivity contribution >= 4 is 49.1 Å². The highest BCUT2D eigenvalue weighted by Crippen LogP contribution is 2.28. The molecule has 2 aromatic heterocycles. The van der Waals surface area contributed by atoms with E-state index in [1.54, 1.807) is 0 Å². The Labute approximate surface area is 194 Å². The summed E-state index contributed by atoms with van der Waals surface area (Å²) in [4.78, 5) is 12.6. The van der Waals surface area contributed by atoms with E-state index in [9.17, 15) is 18.5 Å². The van der Waals surface area contributed by atoms with Gasteiger partial charge in [0.25, 0.3) is 5.91 Å².